The van der Waals surface area contributed by atoms with Gasteiger partial charge in [0, 0.05) is 24.3 Å². The zero-order valence-corrected chi connectivity index (χ0v) is 16.5. The molecule has 0 saturated heterocycles. The van der Waals surface area contributed by atoms with Crippen LogP contribution in [0.2, 0.25) is 0 Å². The van der Waals surface area contributed by atoms with E-state index in [4.69, 9.17) is 9.47 Å². The Morgan fingerprint density at radius 3 is 2.97 bits per heavy atom. The highest BCUT2D eigenvalue weighted by molar-refractivity contribution is 5.92. The number of nitrogens with zero attached hydrogens (tertiary/aromatic N) is 2. The molecule has 0 fully saturated rings. The van der Waals surface area contributed by atoms with Crippen LogP contribution in [0.15, 0.2) is 61.1 Å². The second-order valence-corrected chi connectivity index (χ2v) is 6.92. The van der Waals surface area contributed by atoms with Crippen LogP contribution in [0.25, 0.3) is 11.8 Å². The number of benzene rings is 2. The normalized spacial score (nSPS) is 15.6. The Hall–Kier alpha value is -3.54. The van der Waals surface area contributed by atoms with Gasteiger partial charge in [-0.25, -0.2) is 4.98 Å². The third kappa shape index (κ3) is 4.16. The number of nitrogens with one attached hydrogen (secondary N) is 1. The first-order valence-corrected chi connectivity index (χ1v) is 9.53. The number of aryl methyl sites for hydroxylation is 1. The van der Waals surface area contributed by atoms with Crippen LogP contribution in [0, 0.1) is 6.92 Å². The van der Waals surface area contributed by atoms with Crippen LogP contribution in [-0.4, -0.2) is 29.2 Å². The summed E-state index contributed by atoms with van der Waals surface area (Å²) in [6.45, 7) is 2.54. The molecule has 6 nitrogen and oxygen atoms in total. The lowest BCUT2D eigenvalue weighted by Gasteiger charge is -2.26. The average Bonchev–Trinajstić information content (AvgIpc) is 3.18. The minimum Gasteiger partial charge on any atom is -0.495 e. The predicted molar refractivity (Wildman–Crippen MR) is 111 cm³/mol. The monoisotopic (exact) mass is 389 g/mol. The lowest BCUT2D eigenvalue weighted by atomic mass is 10.0. The number of imidazole rings is 1. The van der Waals surface area contributed by atoms with Crippen LogP contribution in [0.1, 0.15) is 29.3 Å². The van der Waals surface area contributed by atoms with Crippen LogP contribution < -0.4 is 14.8 Å². The predicted octanol–water partition coefficient (Wildman–Crippen LogP) is 3.84. The van der Waals surface area contributed by atoms with Crippen molar-refractivity contribution in [1.82, 2.24) is 14.9 Å². The van der Waals surface area contributed by atoms with Crippen molar-refractivity contribution in [2.45, 2.75) is 19.4 Å². The van der Waals surface area contributed by atoms with Crippen molar-refractivity contribution in [1.29, 1.82) is 0 Å². The molecule has 3 aromatic rings. The Morgan fingerprint density at radius 2 is 2.17 bits per heavy atom. The lowest BCUT2D eigenvalue weighted by Crippen LogP contribution is -2.30. The first-order chi connectivity index (χ1) is 14.1. The van der Waals surface area contributed by atoms with Crippen molar-refractivity contribution in [3.05, 3.63) is 77.9 Å². The van der Waals surface area contributed by atoms with Gasteiger partial charge in [-0.05, 0) is 36.8 Å². The fourth-order valence-electron chi connectivity index (χ4n) is 3.45. The average molecular weight is 389 g/mol. The second-order valence-electron chi connectivity index (χ2n) is 6.92. The maximum atomic E-state index is 12.5. The summed E-state index contributed by atoms with van der Waals surface area (Å²) in [5.74, 6) is 1.41. The van der Waals surface area contributed by atoms with E-state index in [2.05, 4.69) is 10.3 Å². The van der Waals surface area contributed by atoms with Crippen molar-refractivity contribution < 1.29 is 14.3 Å². The Labute approximate surface area is 169 Å². The van der Waals surface area contributed by atoms with E-state index >= 15 is 0 Å². The molecule has 2 aromatic carbocycles. The van der Waals surface area contributed by atoms with Crippen LogP contribution >= 0.6 is 0 Å². The van der Waals surface area contributed by atoms with E-state index in [1.54, 1.807) is 25.6 Å². The molecule has 4 rings (SSSR count). The quantitative estimate of drug-likeness (QED) is 0.674. The highest BCUT2D eigenvalue weighted by atomic mass is 16.5. The SMILES string of the molecule is COc1cc(C=CC(=O)NC2CCOc3ccccc32)ccc1-n1cnc(C)c1. The molecule has 148 valence electrons. The molecule has 1 aliphatic rings. The van der Waals surface area contributed by atoms with Crippen molar-refractivity contribution >= 4 is 12.0 Å². The molecular formula is C23H23N3O3. The standard InChI is InChI=1S/C23H23N3O3/c1-16-14-26(15-24-16)20-9-7-17(13-22(20)28-2)8-10-23(27)25-19-11-12-29-21-6-4-3-5-18(19)21/h3-10,13-15,19H,11-12H2,1-2H3,(H,25,27). The maximum Gasteiger partial charge on any atom is 0.244 e. The molecule has 0 aliphatic carbocycles. The molecule has 29 heavy (non-hydrogen) atoms. The summed E-state index contributed by atoms with van der Waals surface area (Å²) in [6.07, 6.45) is 7.78. The topological polar surface area (TPSA) is 65.4 Å². The van der Waals surface area contributed by atoms with Gasteiger partial charge >= 0.3 is 0 Å². The maximum absolute atomic E-state index is 12.5. The summed E-state index contributed by atoms with van der Waals surface area (Å²) in [5, 5.41) is 3.06. The van der Waals surface area contributed by atoms with Crippen LogP contribution in [0.4, 0.5) is 0 Å². The largest absolute Gasteiger partial charge is 0.495 e. The van der Waals surface area contributed by atoms with E-state index in [1.165, 1.54) is 0 Å². The van der Waals surface area contributed by atoms with E-state index in [-0.39, 0.29) is 11.9 Å². The number of carbonyl (C=O) groups excluding carboxylic acids is 1. The second kappa shape index (κ2) is 8.22. The van der Waals surface area contributed by atoms with Gasteiger partial charge in [0.2, 0.25) is 5.91 Å². The minimum atomic E-state index is -0.139. The number of hydrogen-bond acceptors (Lipinski definition) is 4. The minimum absolute atomic E-state index is 0.0431. The highest BCUT2D eigenvalue weighted by Crippen LogP contribution is 2.31. The number of rotatable bonds is 5. The summed E-state index contributed by atoms with van der Waals surface area (Å²) in [7, 11) is 1.63. The third-order valence-electron chi connectivity index (χ3n) is 4.90. The lowest BCUT2D eigenvalue weighted by molar-refractivity contribution is -0.117. The van der Waals surface area contributed by atoms with Crippen LogP contribution in [0.5, 0.6) is 11.5 Å². The van der Waals surface area contributed by atoms with Gasteiger partial charge in [-0.1, -0.05) is 24.3 Å². The van der Waals surface area contributed by atoms with Gasteiger partial charge < -0.3 is 19.4 Å². The van der Waals surface area contributed by atoms with Crippen LogP contribution in [0.3, 0.4) is 0 Å². The zero-order valence-electron chi connectivity index (χ0n) is 16.5. The first kappa shape index (κ1) is 18.8. The van der Waals surface area contributed by atoms with Crippen molar-refractivity contribution in [3.63, 3.8) is 0 Å². The van der Waals surface area contributed by atoms with Gasteiger partial charge in [-0.3, -0.25) is 4.79 Å². The Balaban J connectivity index is 1.47. The van der Waals surface area contributed by atoms with E-state index in [0.29, 0.717) is 12.4 Å². The van der Waals surface area contributed by atoms with E-state index in [9.17, 15) is 4.79 Å². The van der Waals surface area contributed by atoms with Gasteiger partial charge in [0.15, 0.2) is 0 Å². The fourth-order valence-corrected chi connectivity index (χ4v) is 3.45. The molecule has 1 amide bonds. The molecular weight excluding hydrogens is 366 g/mol. The van der Waals surface area contributed by atoms with Gasteiger partial charge in [0.25, 0.3) is 0 Å². The summed E-state index contributed by atoms with van der Waals surface area (Å²) >= 11 is 0. The molecule has 0 bridgehead atoms. The summed E-state index contributed by atoms with van der Waals surface area (Å²) in [6, 6.07) is 13.6. The number of ether oxygens (including phenoxy) is 2. The van der Waals surface area contributed by atoms with Crippen molar-refractivity contribution in [3.8, 4) is 17.2 Å². The van der Waals surface area contributed by atoms with E-state index in [1.807, 2.05) is 60.2 Å². The van der Waals surface area contributed by atoms with Crippen molar-refractivity contribution in [2.75, 3.05) is 13.7 Å². The molecule has 0 spiro atoms. The van der Waals surface area contributed by atoms with Gasteiger partial charge in [-0.2, -0.15) is 0 Å². The number of methoxy groups -OCH3 is 1. The highest BCUT2D eigenvalue weighted by Gasteiger charge is 2.21. The molecule has 1 atom stereocenters. The fraction of sp³-hybridized carbons (Fsp3) is 0.217. The number of fused-ring (bicyclic) bond motifs is 1. The first-order valence-electron chi connectivity index (χ1n) is 9.53. The molecule has 6 heteroatoms. The molecule has 1 aliphatic heterocycles. The number of carbonyl (C=O) groups is 1. The molecule has 1 unspecified atom stereocenters. The summed E-state index contributed by atoms with van der Waals surface area (Å²) in [4.78, 5) is 16.7. The van der Waals surface area contributed by atoms with Gasteiger partial charge in [-0.15, -0.1) is 0 Å². The third-order valence-corrected chi connectivity index (χ3v) is 4.90. The van der Waals surface area contributed by atoms with Gasteiger partial charge in [0.1, 0.15) is 11.5 Å². The molecule has 0 radical (unpaired) electrons. The summed E-state index contributed by atoms with van der Waals surface area (Å²) in [5.41, 5.74) is 3.73. The van der Waals surface area contributed by atoms with Gasteiger partial charge in [0.05, 0.1) is 37.5 Å². The number of aromatic nitrogens is 2. The molecule has 1 N–H and O–H groups in total. The van der Waals surface area contributed by atoms with Crippen molar-refractivity contribution in [2.24, 2.45) is 0 Å². The molecule has 2 heterocycles. The van der Waals surface area contributed by atoms with E-state index < -0.39 is 0 Å². The number of para-hydroxylation sites is 1. The molecule has 0 saturated carbocycles. The molecule has 1 aromatic heterocycles. The number of hydrogen-bond donors (Lipinski definition) is 1. The van der Waals surface area contributed by atoms with E-state index in [0.717, 1.165) is 34.7 Å². The smallest absolute Gasteiger partial charge is 0.244 e. The summed E-state index contributed by atoms with van der Waals surface area (Å²) < 4.78 is 13.1. The Bertz CT molecular complexity index is 1060. The number of amides is 1. The Kier molecular flexibility index (Phi) is 5.33. The Morgan fingerprint density at radius 1 is 1.31 bits per heavy atom. The zero-order chi connectivity index (χ0) is 20.2. The van der Waals surface area contributed by atoms with Crippen LogP contribution in [-0.2, 0) is 4.79 Å².